The summed E-state index contributed by atoms with van der Waals surface area (Å²) < 4.78 is 4.86. The van der Waals surface area contributed by atoms with Crippen LogP contribution in [0, 0.1) is 6.92 Å². The fourth-order valence-electron chi connectivity index (χ4n) is 1.57. The Kier molecular flexibility index (Phi) is 4.63. The van der Waals surface area contributed by atoms with Crippen LogP contribution in [-0.4, -0.2) is 22.6 Å². The molecule has 2 rings (SSSR count). The maximum absolute atomic E-state index is 11.6. The second-order valence-corrected chi connectivity index (χ2v) is 4.16. The third-order valence-corrected chi connectivity index (χ3v) is 2.48. The number of aryl methyl sites for hydroxylation is 1. The normalized spacial score (nSPS) is 10.4. The van der Waals surface area contributed by atoms with Crippen molar-refractivity contribution in [2.24, 2.45) is 0 Å². The van der Waals surface area contributed by atoms with E-state index >= 15 is 0 Å². The predicted octanol–water partition coefficient (Wildman–Crippen LogP) is 1.50. The second kappa shape index (κ2) is 6.65. The summed E-state index contributed by atoms with van der Waals surface area (Å²) >= 11 is 0. The van der Waals surface area contributed by atoms with Crippen LogP contribution in [0.15, 0.2) is 35.1 Å². The quantitative estimate of drug-likeness (QED) is 0.769. The molecule has 6 heteroatoms. The number of nitrogens with one attached hydrogen (secondary N) is 2. The smallest absolute Gasteiger partial charge is 0.226 e. The van der Waals surface area contributed by atoms with Crippen LogP contribution in [0.1, 0.15) is 17.7 Å². The summed E-state index contributed by atoms with van der Waals surface area (Å²) in [4.78, 5) is 15.6. The van der Waals surface area contributed by atoms with Crippen molar-refractivity contribution in [1.82, 2.24) is 15.5 Å². The molecule has 0 aliphatic rings. The molecule has 0 saturated heterocycles. The molecule has 100 valence electrons. The van der Waals surface area contributed by atoms with E-state index in [-0.39, 0.29) is 5.91 Å². The number of rotatable bonds is 6. The highest BCUT2D eigenvalue weighted by Gasteiger charge is 2.05. The van der Waals surface area contributed by atoms with Crippen LogP contribution in [0.5, 0.6) is 0 Å². The third-order valence-electron chi connectivity index (χ3n) is 2.48. The molecular weight excluding hydrogens is 244 g/mol. The topological polar surface area (TPSA) is 80.0 Å². The molecule has 2 heterocycles. The molecular formula is C13H16N4O2. The number of hydrogen-bond donors (Lipinski definition) is 2. The lowest BCUT2D eigenvalue weighted by Crippen LogP contribution is -2.21. The third kappa shape index (κ3) is 4.51. The summed E-state index contributed by atoms with van der Waals surface area (Å²) in [6.07, 6.45) is 3.91. The Balaban J connectivity index is 1.64. The van der Waals surface area contributed by atoms with Crippen LogP contribution in [0.25, 0.3) is 0 Å². The molecule has 0 fully saturated rings. The van der Waals surface area contributed by atoms with E-state index in [0.29, 0.717) is 31.1 Å². The molecule has 1 amide bonds. The summed E-state index contributed by atoms with van der Waals surface area (Å²) in [6, 6.07) is 5.55. The van der Waals surface area contributed by atoms with Crippen LogP contribution in [0.4, 0.5) is 5.82 Å². The minimum atomic E-state index is -0.0908. The Morgan fingerprint density at radius 1 is 1.47 bits per heavy atom. The lowest BCUT2D eigenvalue weighted by atomic mass is 10.3. The van der Waals surface area contributed by atoms with E-state index in [2.05, 4.69) is 20.8 Å². The highest BCUT2D eigenvalue weighted by molar-refractivity contribution is 5.89. The molecule has 0 aliphatic heterocycles. The lowest BCUT2D eigenvalue weighted by Gasteiger charge is -2.04. The number of anilines is 1. The van der Waals surface area contributed by atoms with Crippen molar-refractivity contribution < 1.29 is 9.32 Å². The van der Waals surface area contributed by atoms with Crippen molar-refractivity contribution in [1.29, 1.82) is 0 Å². The van der Waals surface area contributed by atoms with Gasteiger partial charge < -0.3 is 15.2 Å². The van der Waals surface area contributed by atoms with E-state index in [1.807, 2.05) is 12.1 Å². The van der Waals surface area contributed by atoms with Gasteiger partial charge in [0, 0.05) is 38.0 Å². The van der Waals surface area contributed by atoms with Crippen LogP contribution in [0.2, 0.25) is 0 Å². The van der Waals surface area contributed by atoms with E-state index in [0.717, 1.165) is 5.56 Å². The number of aromatic nitrogens is 2. The Hall–Kier alpha value is -2.21. The summed E-state index contributed by atoms with van der Waals surface area (Å²) in [7, 11) is 0. The molecule has 2 N–H and O–H groups in total. The summed E-state index contributed by atoms with van der Waals surface area (Å²) in [5.74, 6) is 1.03. The first kappa shape index (κ1) is 13.2. The van der Waals surface area contributed by atoms with Crippen molar-refractivity contribution in [2.45, 2.75) is 19.9 Å². The van der Waals surface area contributed by atoms with Crippen LogP contribution < -0.4 is 10.6 Å². The zero-order chi connectivity index (χ0) is 13.5. The fourth-order valence-corrected chi connectivity index (χ4v) is 1.57. The van der Waals surface area contributed by atoms with E-state index < -0.39 is 0 Å². The van der Waals surface area contributed by atoms with Gasteiger partial charge in [-0.2, -0.15) is 0 Å². The van der Waals surface area contributed by atoms with Gasteiger partial charge in [0.15, 0.2) is 5.82 Å². The Bertz CT molecular complexity index is 524. The Morgan fingerprint density at radius 3 is 3.05 bits per heavy atom. The number of carbonyl (C=O) groups excluding carboxylic acids is 1. The minimum absolute atomic E-state index is 0.0908. The number of hydrogen-bond acceptors (Lipinski definition) is 5. The van der Waals surface area contributed by atoms with Gasteiger partial charge in [0.05, 0.1) is 0 Å². The standard InChI is InChI=1S/C13H16N4O2/c1-10-7-12(17-19-10)16-13(18)4-6-15-9-11-3-2-5-14-8-11/h2-3,5,7-8,15H,4,6,9H2,1H3,(H,16,17,18). The molecule has 19 heavy (non-hydrogen) atoms. The van der Waals surface area contributed by atoms with Crippen molar-refractivity contribution in [3.05, 3.63) is 41.9 Å². The number of nitrogens with zero attached hydrogens (tertiary/aromatic N) is 2. The first-order chi connectivity index (χ1) is 9.24. The van der Waals surface area contributed by atoms with Gasteiger partial charge in [0.2, 0.25) is 5.91 Å². The summed E-state index contributed by atoms with van der Waals surface area (Å²) in [5, 5.41) is 9.54. The number of pyridine rings is 1. The fraction of sp³-hybridized carbons (Fsp3) is 0.308. The average Bonchev–Trinajstić information content (AvgIpc) is 2.81. The average molecular weight is 260 g/mol. The highest BCUT2D eigenvalue weighted by atomic mass is 16.5. The molecule has 0 saturated carbocycles. The lowest BCUT2D eigenvalue weighted by molar-refractivity contribution is -0.116. The molecule has 0 unspecified atom stereocenters. The van der Waals surface area contributed by atoms with Crippen molar-refractivity contribution in [3.8, 4) is 0 Å². The van der Waals surface area contributed by atoms with Crippen molar-refractivity contribution >= 4 is 11.7 Å². The largest absolute Gasteiger partial charge is 0.360 e. The molecule has 0 aliphatic carbocycles. The van der Waals surface area contributed by atoms with Gasteiger partial charge in [-0.15, -0.1) is 0 Å². The van der Waals surface area contributed by atoms with Crippen LogP contribution in [0.3, 0.4) is 0 Å². The molecule has 2 aromatic rings. The summed E-state index contributed by atoms with van der Waals surface area (Å²) in [5.41, 5.74) is 1.09. The minimum Gasteiger partial charge on any atom is -0.360 e. The SMILES string of the molecule is Cc1cc(NC(=O)CCNCc2cccnc2)no1. The van der Waals surface area contributed by atoms with E-state index in [1.54, 1.807) is 25.4 Å². The maximum Gasteiger partial charge on any atom is 0.226 e. The van der Waals surface area contributed by atoms with Gasteiger partial charge in [0.1, 0.15) is 5.76 Å². The van der Waals surface area contributed by atoms with Crippen molar-refractivity contribution in [2.75, 3.05) is 11.9 Å². The molecule has 0 radical (unpaired) electrons. The van der Waals surface area contributed by atoms with Crippen LogP contribution >= 0.6 is 0 Å². The van der Waals surface area contributed by atoms with Gasteiger partial charge in [-0.25, -0.2) is 0 Å². The maximum atomic E-state index is 11.6. The molecule has 0 bridgehead atoms. The van der Waals surface area contributed by atoms with Gasteiger partial charge >= 0.3 is 0 Å². The zero-order valence-electron chi connectivity index (χ0n) is 10.7. The molecule has 0 aromatic carbocycles. The summed E-state index contributed by atoms with van der Waals surface area (Å²) in [6.45, 7) is 3.07. The number of carbonyl (C=O) groups is 1. The molecule has 6 nitrogen and oxygen atoms in total. The molecule has 2 aromatic heterocycles. The number of amides is 1. The van der Waals surface area contributed by atoms with Gasteiger partial charge in [-0.1, -0.05) is 11.2 Å². The molecule has 0 spiro atoms. The van der Waals surface area contributed by atoms with Gasteiger partial charge in [-0.05, 0) is 18.6 Å². The van der Waals surface area contributed by atoms with E-state index in [9.17, 15) is 4.79 Å². The predicted molar refractivity (Wildman–Crippen MR) is 70.4 cm³/mol. The van der Waals surface area contributed by atoms with Gasteiger partial charge in [0.25, 0.3) is 0 Å². The molecule has 0 atom stereocenters. The Morgan fingerprint density at radius 2 is 2.37 bits per heavy atom. The van der Waals surface area contributed by atoms with E-state index in [1.165, 1.54) is 0 Å². The highest BCUT2D eigenvalue weighted by Crippen LogP contribution is 2.06. The Labute approximate surface area is 111 Å². The zero-order valence-corrected chi connectivity index (χ0v) is 10.7. The van der Waals surface area contributed by atoms with Crippen molar-refractivity contribution in [3.63, 3.8) is 0 Å². The monoisotopic (exact) mass is 260 g/mol. The first-order valence-electron chi connectivity index (χ1n) is 6.07. The first-order valence-corrected chi connectivity index (χ1v) is 6.07. The van der Waals surface area contributed by atoms with Gasteiger partial charge in [-0.3, -0.25) is 9.78 Å². The van der Waals surface area contributed by atoms with Crippen LogP contribution in [-0.2, 0) is 11.3 Å². The second-order valence-electron chi connectivity index (χ2n) is 4.16. The van der Waals surface area contributed by atoms with E-state index in [4.69, 9.17) is 4.52 Å².